The van der Waals surface area contributed by atoms with Gasteiger partial charge in [-0.25, -0.2) is 9.59 Å². The number of aromatic nitrogens is 1. The lowest BCUT2D eigenvalue weighted by molar-refractivity contribution is -0.193. The lowest BCUT2D eigenvalue weighted by Crippen LogP contribution is -2.42. The van der Waals surface area contributed by atoms with Gasteiger partial charge >= 0.3 is 30.3 Å². The number of pyridine rings is 1. The SMILES string of the molecule is CCOC(=O)[C@]12CCCN(Cc3ccccn3)C[C@H]1CN(C(C)=O)C2.O=C(O)C(F)(F)F.O=C(O)C(F)(F)F. The van der Waals surface area contributed by atoms with E-state index in [4.69, 9.17) is 24.5 Å². The number of nitrogens with zero attached hydrogens (tertiary/aromatic N) is 3. The zero-order chi connectivity index (χ0) is 30.0. The molecule has 220 valence electrons. The van der Waals surface area contributed by atoms with Crippen molar-refractivity contribution in [2.75, 3.05) is 32.8 Å². The van der Waals surface area contributed by atoms with Gasteiger partial charge < -0.3 is 19.8 Å². The zero-order valence-electron chi connectivity index (χ0n) is 21.1. The number of aliphatic carboxylic acids is 2. The Kier molecular flexibility index (Phi) is 12.1. The third-order valence-electron chi connectivity index (χ3n) is 6.00. The maximum absolute atomic E-state index is 12.8. The number of ether oxygens (including phenoxy) is 1. The van der Waals surface area contributed by atoms with Crippen molar-refractivity contribution in [3.8, 4) is 0 Å². The van der Waals surface area contributed by atoms with Crippen LogP contribution in [0.15, 0.2) is 24.4 Å². The molecule has 2 aliphatic heterocycles. The van der Waals surface area contributed by atoms with Crippen LogP contribution >= 0.6 is 0 Å². The first-order valence-corrected chi connectivity index (χ1v) is 11.6. The molecule has 0 bridgehead atoms. The lowest BCUT2D eigenvalue weighted by atomic mass is 9.75. The number of carbonyl (C=O) groups is 4. The van der Waals surface area contributed by atoms with Gasteiger partial charge in [0.05, 0.1) is 17.7 Å². The Balaban J connectivity index is 0.000000449. The normalized spacial score (nSPS) is 21.2. The molecule has 0 spiro atoms. The second kappa shape index (κ2) is 14.1. The van der Waals surface area contributed by atoms with Gasteiger partial charge in [0.25, 0.3) is 0 Å². The highest BCUT2D eigenvalue weighted by Gasteiger charge is 2.54. The number of esters is 1. The zero-order valence-corrected chi connectivity index (χ0v) is 21.1. The summed E-state index contributed by atoms with van der Waals surface area (Å²) in [6.45, 7) is 7.42. The summed E-state index contributed by atoms with van der Waals surface area (Å²) in [6, 6.07) is 5.94. The van der Waals surface area contributed by atoms with Crippen LogP contribution in [0, 0.1) is 11.3 Å². The minimum Gasteiger partial charge on any atom is -0.475 e. The quantitative estimate of drug-likeness (QED) is 0.411. The number of alkyl halides is 6. The van der Waals surface area contributed by atoms with Crippen molar-refractivity contribution < 1.29 is 60.5 Å². The molecule has 2 N–H and O–H groups in total. The second-order valence-corrected chi connectivity index (χ2v) is 8.74. The summed E-state index contributed by atoms with van der Waals surface area (Å²) in [4.78, 5) is 51.1. The van der Waals surface area contributed by atoms with Crippen LogP contribution in [0.4, 0.5) is 26.3 Å². The Morgan fingerprint density at radius 3 is 2.05 bits per heavy atom. The third-order valence-corrected chi connectivity index (χ3v) is 6.00. The van der Waals surface area contributed by atoms with Crippen LogP contribution in [-0.4, -0.2) is 94.0 Å². The van der Waals surface area contributed by atoms with E-state index in [1.165, 1.54) is 0 Å². The van der Waals surface area contributed by atoms with E-state index in [9.17, 15) is 35.9 Å². The maximum Gasteiger partial charge on any atom is 0.490 e. The van der Waals surface area contributed by atoms with Gasteiger partial charge in [-0.2, -0.15) is 26.3 Å². The van der Waals surface area contributed by atoms with Gasteiger partial charge in [-0.15, -0.1) is 0 Å². The molecule has 10 nitrogen and oxygen atoms in total. The molecule has 0 radical (unpaired) electrons. The molecular formula is C23H29F6N3O7. The molecule has 2 aliphatic rings. The average molecular weight is 573 g/mol. The summed E-state index contributed by atoms with van der Waals surface area (Å²) >= 11 is 0. The Hall–Kier alpha value is -3.43. The molecule has 0 unspecified atom stereocenters. The molecule has 0 saturated carbocycles. The number of halogens is 6. The number of carbonyl (C=O) groups excluding carboxylic acids is 2. The molecule has 1 amide bonds. The summed E-state index contributed by atoms with van der Waals surface area (Å²) in [5.74, 6) is -5.50. The molecule has 3 rings (SSSR count). The third kappa shape index (κ3) is 10.3. The standard InChI is InChI=1S/C19H27N3O3.2C2HF3O2/c1-3-25-18(24)19-8-6-10-21(13-17-7-4-5-9-20-17)11-16(19)12-22(14-19)15(2)23;2*3-2(4,5)1(6)7/h4-5,7,9,16H,3,6,8,10-14H2,1-2H3;2*(H,6,7)/t16-,19-;;/m0../s1. The summed E-state index contributed by atoms with van der Waals surface area (Å²) in [7, 11) is 0. The number of carboxylic acids is 2. The highest BCUT2D eigenvalue weighted by molar-refractivity contribution is 5.81. The fraction of sp³-hybridized carbons (Fsp3) is 0.609. The van der Waals surface area contributed by atoms with Crippen LogP contribution < -0.4 is 0 Å². The van der Waals surface area contributed by atoms with Crippen LogP contribution in [0.2, 0.25) is 0 Å². The van der Waals surface area contributed by atoms with E-state index in [2.05, 4.69) is 9.88 Å². The molecule has 2 saturated heterocycles. The number of hydrogen-bond donors (Lipinski definition) is 2. The highest BCUT2D eigenvalue weighted by Crippen LogP contribution is 2.44. The summed E-state index contributed by atoms with van der Waals surface area (Å²) in [5.41, 5.74) is 0.480. The number of likely N-dealkylation sites (tertiary alicyclic amines) is 2. The summed E-state index contributed by atoms with van der Waals surface area (Å²) in [6.07, 6.45) is -6.66. The minimum absolute atomic E-state index is 0.0352. The van der Waals surface area contributed by atoms with E-state index in [1.54, 1.807) is 6.92 Å². The number of carboxylic acid groups (broad SMARTS) is 2. The Bertz CT molecular complexity index is 967. The largest absolute Gasteiger partial charge is 0.490 e. The fourth-order valence-corrected chi connectivity index (χ4v) is 4.22. The van der Waals surface area contributed by atoms with E-state index in [1.807, 2.05) is 36.2 Å². The van der Waals surface area contributed by atoms with Crippen molar-refractivity contribution in [1.29, 1.82) is 0 Å². The molecule has 0 aromatic carbocycles. The first-order chi connectivity index (χ1) is 17.9. The molecule has 1 aromatic heterocycles. The van der Waals surface area contributed by atoms with E-state index >= 15 is 0 Å². The highest BCUT2D eigenvalue weighted by atomic mass is 19.4. The van der Waals surface area contributed by atoms with Crippen LogP contribution in [-0.2, 0) is 30.5 Å². The molecular weight excluding hydrogens is 544 g/mol. The van der Waals surface area contributed by atoms with Crippen LogP contribution in [0.3, 0.4) is 0 Å². The lowest BCUT2D eigenvalue weighted by Gasteiger charge is -2.31. The van der Waals surface area contributed by atoms with Crippen LogP contribution in [0.25, 0.3) is 0 Å². The van der Waals surface area contributed by atoms with Crippen molar-refractivity contribution >= 4 is 23.8 Å². The molecule has 16 heteroatoms. The van der Waals surface area contributed by atoms with E-state index in [0.717, 1.165) is 38.2 Å². The fourth-order valence-electron chi connectivity index (χ4n) is 4.22. The van der Waals surface area contributed by atoms with Gasteiger partial charge in [0.1, 0.15) is 0 Å². The van der Waals surface area contributed by atoms with Crippen molar-refractivity contribution in [3.63, 3.8) is 0 Å². The van der Waals surface area contributed by atoms with Crippen molar-refractivity contribution in [1.82, 2.24) is 14.8 Å². The summed E-state index contributed by atoms with van der Waals surface area (Å²) < 4.78 is 68.9. The van der Waals surface area contributed by atoms with Gasteiger partial charge in [0.15, 0.2) is 0 Å². The minimum atomic E-state index is -5.08. The van der Waals surface area contributed by atoms with Crippen molar-refractivity contribution in [2.24, 2.45) is 11.3 Å². The first kappa shape index (κ1) is 33.6. The number of fused-ring (bicyclic) bond motifs is 1. The summed E-state index contributed by atoms with van der Waals surface area (Å²) in [5, 5.41) is 14.2. The van der Waals surface area contributed by atoms with E-state index < -0.39 is 29.7 Å². The Morgan fingerprint density at radius 2 is 1.62 bits per heavy atom. The predicted octanol–water partition coefficient (Wildman–Crippen LogP) is 2.97. The molecule has 2 fully saturated rings. The molecule has 0 aliphatic carbocycles. The van der Waals surface area contributed by atoms with E-state index in [-0.39, 0.29) is 17.8 Å². The topological polar surface area (TPSA) is 137 Å². The monoisotopic (exact) mass is 573 g/mol. The van der Waals surface area contributed by atoms with Crippen molar-refractivity contribution in [2.45, 2.75) is 45.6 Å². The van der Waals surface area contributed by atoms with Gasteiger partial charge in [0, 0.05) is 45.2 Å². The molecule has 1 aromatic rings. The maximum atomic E-state index is 12.8. The molecule has 2 atom stereocenters. The van der Waals surface area contributed by atoms with E-state index in [0.29, 0.717) is 19.7 Å². The molecule has 39 heavy (non-hydrogen) atoms. The number of hydrogen-bond acceptors (Lipinski definition) is 7. The smallest absolute Gasteiger partial charge is 0.475 e. The number of rotatable bonds is 4. The average Bonchev–Trinajstić information content (AvgIpc) is 3.10. The van der Waals surface area contributed by atoms with Gasteiger partial charge in [-0.05, 0) is 38.4 Å². The Labute approximate surface area is 219 Å². The molecule has 3 heterocycles. The van der Waals surface area contributed by atoms with Gasteiger partial charge in [0.2, 0.25) is 5.91 Å². The Morgan fingerprint density at radius 1 is 1.05 bits per heavy atom. The number of amides is 1. The first-order valence-electron chi connectivity index (χ1n) is 11.6. The van der Waals surface area contributed by atoms with Crippen molar-refractivity contribution in [3.05, 3.63) is 30.1 Å². The predicted molar refractivity (Wildman–Crippen MR) is 121 cm³/mol. The van der Waals surface area contributed by atoms with Gasteiger partial charge in [-0.3, -0.25) is 19.5 Å². The van der Waals surface area contributed by atoms with Gasteiger partial charge in [-0.1, -0.05) is 6.07 Å². The second-order valence-electron chi connectivity index (χ2n) is 8.74. The van der Waals surface area contributed by atoms with Crippen LogP contribution in [0.1, 0.15) is 32.4 Å². The van der Waals surface area contributed by atoms with Crippen LogP contribution in [0.5, 0.6) is 0 Å².